The Bertz CT molecular complexity index is 358. The lowest BCUT2D eigenvalue weighted by Crippen LogP contribution is -2.41. The van der Waals surface area contributed by atoms with Crippen LogP contribution in [0.1, 0.15) is 26.2 Å². The number of carbonyl (C=O) groups is 3. The highest BCUT2D eigenvalue weighted by Crippen LogP contribution is 2.29. The van der Waals surface area contributed by atoms with E-state index in [2.05, 4.69) is 5.32 Å². The second-order valence-electron chi connectivity index (χ2n) is 4.84. The zero-order valence-corrected chi connectivity index (χ0v) is 10.4. The van der Waals surface area contributed by atoms with Crippen LogP contribution in [-0.4, -0.2) is 47.5 Å². The van der Waals surface area contributed by atoms with Gasteiger partial charge in [-0.2, -0.15) is 0 Å². The molecule has 0 aromatic carbocycles. The van der Waals surface area contributed by atoms with Crippen molar-refractivity contribution in [1.29, 1.82) is 0 Å². The van der Waals surface area contributed by atoms with Crippen LogP contribution in [0.4, 0.5) is 4.79 Å². The number of nitrogens with one attached hydrogen (secondary N) is 1. The van der Waals surface area contributed by atoms with Crippen LogP contribution < -0.4 is 11.1 Å². The van der Waals surface area contributed by atoms with Crippen LogP contribution in [0.3, 0.4) is 0 Å². The summed E-state index contributed by atoms with van der Waals surface area (Å²) in [6, 6.07) is -0.288. The van der Waals surface area contributed by atoms with Gasteiger partial charge in [-0.3, -0.25) is 9.59 Å². The second kappa shape index (κ2) is 5.70. The minimum atomic E-state index is -0.883. The third-order valence-corrected chi connectivity index (χ3v) is 3.15. The monoisotopic (exact) mass is 257 g/mol. The molecule has 1 aliphatic heterocycles. The lowest BCUT2D eigenvalue weighted by atomic mass is 9.90. The Balaban J connectivity index is 2.32. The largest absolute Gasteiger partial charge is 0.481 e. The number of primary amides is 1. The van der Waals surface area contributed by atoms with Crippen molar-refractivity contribution in [3.63, 3.8) is 0 Å². The Morgan fingerprint density at radius 3 is 2.61 bits per heavy atom. The van der Waals surface area contributed by atoms with Crippen molar-refractivity contribution < 1.29 is 19.5 Å². The van der Waals surface area contributed by atoms with Gasteiger partial charge in [-0.1, -0.05) is 0 Å². The van der Waals surface area contributed by atoms with Gasteiger partial charge < -0.3 is 21.1 Å². The first-order chi connectivity index (χ1) is 8.35. The van der Waals surface area contributed by atoms with Crippen molar-refractivity contribution in [3.05, 3.63) is 0 Å². The molecule has 1 unspecified atom stereocenters. The van der Waals surface area contributed by atoms with Crippen molar-refractivity contribution in [2.45, 2.75) is 26.2 Å². The van der Waals surface area contributed by atoms with Crippen molar-refractivity contribution in [2.24, 2.45) is 11.1 Å². The zero-order valence-electron chi connectivity index (χ0n) is 10.4. The molecule has 0 bridgehead atoms. The number of nitrogens with zero attached hydrogens (tertiary/aromatic N) is 1. The molecule has 102 valence electrons. The van der Waals surface area contributed by atoms with Crippen molar-refractivity contribution in [1.82, 2.24) is 10.2 Å². The number of hydrogen-bond donors (Lipinski definition) is 3. The van der Waals surface area contributed by atoms with E-state index in [0.29, 0.717) is 25.9 Å². The summed E-state index contributed by atoms with van der Waals surface area (Å²) in [6.45, 7) is 2.65. The molecule has 4 N–H and O–H groups in total. The number of carboxylic acids is 1. The number of carbonyl (C=O) groups excluding carboxylic acids is 2. The molecule has 7 heteroatoms. The molecule has 0 aliphatic carbocycles. The van der Waals surface area contributed by atoms with E-state index in [1.807, 2.05) is 0 Å². The number of carboxylic acid groups (broad SMARTS) is 1. The van der Waals surface area contributed by atoms with Crippen molar-refractivity contribution in [2.75, 3.05) is 19.6 Å². The molecule has 3 amide bonds. The Labute approximate surface area is 105 Å². The molecule has 1 fully saturated rings. The fourth-order valence-corrected chi connectivity index (χ4v) is 1.88. The number of aliphatic carboxylic acids is 1. The van der Waals surface area contributed by atoms with Crippen LogP contribution in [-0.2, 0) is 9.59 Å². The van der Waals surface area contributed by atoms with Gasteiger partial charge in [-0.15, -0.1) is 0 Å². The summed E-state index contributed by atoms with van der Waals surface area (Å²) in [7, 11) is 0. The van der Waals surface area contributed by atoms with Gasteiger partial charge >= 0.3 is 12.0 Å². The maximum Gasteiger partial charge on any atom is 0.317 e. The topological polar surface area (TPSA) is 113 Å². The Morgan fingerprint density at radius 1 is 1.44 bits per heavy atom. The van der Waals surface area contributed by atoms with E-state index < -0.39 is 17.3 Å². The molecule has 18 heavy (non-hydrogen) atoms. The van der Waals surface area contributed by atoms with Crippen LogP contribution in [0.5, 0.6) is 0 Å². The van der Waals surface area contributed by atoms with Gasteiger partial charge in [0, 0.05) is 26.1 Å². The number of urea groups is 1. The summed E-state index contributed by atoms with van der Waals surface area (Å²) in [6.07, 6.45) is 1.18. The van der Waals surface area contributed by atoms with Crippen LogP contribution in [0.2, 0.25) is 0 Å². The summed E-state index contributed by atoms with van der Waals surface area (Å²) in [5.41, 5.74) is 4.12. The highest BCUT2D eigenvalue weighted by molar-refractivity contribution is 5.79. The van der Waals surface area contributed by atoms with Gasteiger partial charge in [-0.05, 0) is 19.8 Å². The van der Waals surface area contributed by atoms with Crippen LogP contribution >= 0.6 is 0 Å². The molecule has 0 aromatic heterocycles. The Hall–Kier alpha value is -1.79. The first-order valence-corrected chi connectivity index (χ1v) is 5.89. The Kier molecular flexibility index (Phi) is 4.52. The molecule has 1 atom stereocenters. The molecule has 0 spiro atoms. The standard InChI is InChI=1S/C11H19N3O4/c1-11(9(16)17)4-6-14(7-11)10(18)13-5-2-3-8(12)15/h2-7H2,1H3,(H2,12,15)(H,13,18)(H,16,17). The van der Waals surface area contributed by atoms with E-state index in [-0.39, 0.29) is 19.0 Å². The van der Waals surface area contributed by atoms with E-state index in [9.17, 15) is 14.4 Å². The third kappa shape index (κ3) is 3.61. The fourth-order valence-electron chi connectivity index (χ4n) is 1.88. The van der Waals surface area contributed by atoms with Gasteiger partial charge in [0.1, 0.15) is 0 Å². The number of amides is 3. The van der Waals surface area contributed by atoms with E-state index >= 15 is 0 Å². The molecule has 0 saturated carbocycles. The average Bonchev–Trinajstić information content (AvgIpc) is 2.68. The van der Waals surface area contributed by atoms with Crippen molar-refractivity contribution in [3.8, 4) is 0 Å². The van der Waals surface area contributed by atoms with E-state index in [1.54, 1.807) is 6.92 Å². The van der Waals surface area contributed by atoms with Gasteiger partial charge in [0.2, 0.25) is 5.91 Å². The first kappa shape index (κ1) is 14.3. The minimum absolute atomic E-state index is 0.212. The summed E-state index contributed by atoms with van der Waals surface area (Å²) in [4.78, 5) is 34.7. The average molecular weight is 257 g/mol. The highest BCUT2D eigenvalue weighted by Gasteiger charge is 2.42. The Morgan fingerprint density at radius 2 is 2.11 bits per heavy atom. The summed E-state index contributed by atoms with van der Waals surface area (Å²) < 4.78 is 0. The molecular formula is C11H19N3O4. The van der Waals surface area contributed by atoms with E-state index in [1.165, 1.54) is 4.90 Å². The molecule has 0 radical (unpaired) electrons. The SMILES string of the molecule is CC1(C(=O)O)CCN(C(=O)NCCCC(N)=O)C1. The lowest BCUT2D eigenvalue weighted by Gasteiger charge is -2.20. The molecule has 1 aliphatic rings. The van der Waals surface area contributed by atoms with Gasteiger partial charge in [0.05, 0.1) is 5.41 Å². The molecular weight excluding hydrogens is 238 g/mol. The molecule has 1 rings (SSSR count). The van der Waals surface area contributed by atoms with Crippen LogP contribution in [0.25, 0.3) is 0 Å². The molecule has 1 heterocycles. The lowest BCUT2D eigenvalue weighted by molar-refractivity contribution is -0.147. The zero-order chi connectivity index (χ0) is 13.8. The van der Waals surface area contributed by atoms with E-state index in [0.717, 1.165) is 0 Å². The maximum atomic E-state index is 11.7. The quantitative estimate of drug-likeness (QED) is 0.590. The minimum Gasteiger partial charge on any atom is -0.481 e. The normalized spacial score (nSPS) is 22.8. The first-order valence-electron chi connectivity index (χ1n) is 5.89. The molecule has 1 saturated heterocycles. The number of hydrogen-bond acceptors (Lipinski definition) is 3. The summed E-state index contributed by atoms with van der Waals surface area (Å²) in [5, 5.41) is 11.7. The number of rotatable bonds is 5. The number of nitrogens with two attached hydrogens (primary N) is 1. The van der Waals surface area contributed by atoms with E-state index in [4.69, 9.17) is 10.8 Å². The van der Waals surface area contributed by atoms with Gasteiger partial charge in [0.15, 0.2) is 0 Å². The van der Waals surface area contributed by atoms with Crippen LogP contribution in [0.15, 0.2) is 0 Å². The number of likely N-dealkylation sites (tertiary alicyclic amines) is 1. The molecule has 7 nitrogen and oxygen atoms in total. The second-order valence-corrected chi connectivity index (χ2v) is 4.84. The maximum absolute atomic E-state index is 11.7. The third-order valence-electron chi connectivity index (χ3n) is 3.15. The predicted molar refractivity (Wildman–Crippen MR) is 63.8 cm³/mol. The summed E-state index contributed by atoms with van der Waals surface area (Å²) in [5.74, 6) is -1.28. The van der Waals surface area contributed by atoms with Gasteiger partial charge in [-0.25, -0.2) is 4.79 Å². The highest BCUT2D eigenvalue weighted by atomic mass is 16.4. The summed E-state index contributed by atoms with van der Waals surface area (Å²) >= 11 is 0. The molecule has 0 aromatic rings. The van der Waals surface area contributed by atoms with Crippen molar-refractivity contribution >= 4 is 17.9 Å². The van der Waals surface area contributed by atoms with Crippen LogP contribution in [0, 0.1) is 5.41 Å². The fraction of sp³-hybridized carbons (Fsp3) is 0.727. The predicted octanol–water partition coefficient (Wildman–Crippen LogP) is -0.242. The van der Waals surface area contributed by atoms with Gasteiger partial charge in [0.25, 0.3) is 0 Å². The smallest absolute Gasteiger partial charge is 0.317 e.